The fourth-order valence-corrected chi connectivity index (χ4v) is 2.93. The van der Waals surface area contributed by atoms with Crippen molar-refractivity contribution in [3.05, 3.63) is 0 Å². The Hall–Kier alpha value is -0.0800. The van der Waals surface area contributed by atoms with E-state index in [4.69, 9.17) is 0 Å². The first-order valence-corrected chi connectivity index (χ1v) is 7.04. The second-order valence-electron chi connectivity index (χ2n) is 5.45. The molecule has 0 bridgehead atoms. The lowest BCUT2D eigenvalue weighted by molar-refractivity contribution is -0.00133. The molecule has 16 heavy (non-hydrogen) atoms. The summed E-state index contributed by atoms with van der Waals surface area (Å²) in [5.41, 5.74) is -0.148. The number of hydrogen-bond donors (Lipinski definition) is 2. The van der Waals surface area contributed by atoms with E-state index in [9.17, 15) is 10.2 Å². The molecule has 2 N–H and O–H groups in total. The normalized spacial score (nSPS) is 29.8. The van der Waals surface area contributed by atoms with E-state index in [1.807, 2.05) is 0 Å². The summed E-state index contributed by atoms with van der Waals surface area (Å²) in [5, 5.41) is 19.4. The highest BCUT2D eigenvalue weighted by atomic mass is 16.3. The van der Waals surface area contributed by atoms with Gasteiger partial charge in [-0.1, -0.05) is 51.9 Å². The average molecular weight is 228 g/mol. The summed E-state index contributed by atoms with van der Waals surface area (Å²) in [6.45, 7) is 2.40. The van der Waals surface area contributed by atoms with Gasteiger partial charge in [0.1, 0.15) is 0 Å². The topological polar surface area (TPSA) is 40.5 Å². The Bertz CT molecular complexity index is 182. The summed E-state index contributed by atoms with van der Waals surface area (Å²) >= 11 is 0. The quantitative estimate of drug-likeness (QED) is 0.626. The van der Waals surface area contributed by atoms with Crippen LogP contribution >= 0.6 is 0 Å². The molecule has 1 saturated carbocycles. The highest BCUT2D eigenvalue weighted by molar-refractivity contribution is 4.91. The monoisotopic (exact) mass is 228 g/mol. The van der Waals surface area contributed by atoms with Crippen LogP contribution in [0.4, 0.5) is 0 Å². The predicted molar refractivity (Wildman–Crippen MR) is 67.4 cm³/mol. The predicted octanol–water partition coefficient (Wildman–Crippen LogP) is 3.26. The molecule has 1 fully saturated rings. The summed E-state index contributed by atoms with van der Waals surface area (Å²) < 4.78 is 0. The van der Waals surface area contributed by atoms with Crippen LogP contribution in [0.5, 0.6) is 0 Å². The largest absolute Gasteiger partial charge is 0.396 e. The van der Waals surface area contributed by atoms with Crippen LogP contribution in [0, 0.1) is 5.41 Å². The van der Waals surface area contributed by atoms with E-state index in [-0.39, 0.29) is 18.1 Å². The Morgan fingerprint density at radius 3 is 2.38 bits per heavy atom. The van der Waals surface area contributed by atoms with E-state index >= 15 is 0 Å². The van der Waals surface area contributed by atoms with E-state index in [0.29, 0.717) is 0 Å². The number of unbranched alkanes of at least 4 members (excludes halogenated alkanes) is 5. The summed E-state index contributed by atoms with van der Waals surface area (Å²) in [4.78, 5) is 0. The minimum atomic E-state index is -0.256. The van der Waals surface area contributed by atoms with Crippen LogP contribution in [0.3, 0.4) is 0 Å². The van der Waals surface area contributed by atoms with E-state index in [2.05, 4.69) is 6.92 Å². The molecule has 0 amide bonds. The van der Waals surface area contributed by atoms with E-state index in [0.717, 1.165) is 25.7 Å². The zero-order chi connectivity index (χ0) is 11.9. The van der Waals surface area contributed by atoms with Crippen molar-refractivity contribution in [1.82, 2.24) is 0 Å². The lowest BCUT2D eigenvalue weighted by Gasteiger charge is -2.30. The first-order chi connectivity index (χ1) is 7.75. The summed E-state index contributed by atoms with van der Waals surface area (Å²) in [5.74, 6) is 0. The molecular formula is C14H28O2. The highest BCUT2D eigenvalue weighted by Gasteiger charge is 2.40. The maximum atomic E-state index is 9.92. The lowest BCUT2D eigenvalue weighted by Crippen LogP contribution is -2.33. The van der Waals surface area contributed by atoms with E-state index < -0.39 is 0 Å². The third-order valence-corrected chi connectivity index (χ3v) is 4.20. The smallest absolute Gasteiger partial charge is 0.0618 e. The van der Waals surface area contributed by atoms with Gasteiger partial charge in [-0.3, -0.25) is 0 Å². The average Bonchev–Trinajstić information content (AvgIpc) is 2.66. The first kappa shape index (κ1) is 14.0. The van der Waals surface area contributed by atoms with Crippen molar-refractivity contribution in [2.24, 2.45) is 5.41 Å². The maximum Gasteiger partial charge on any atom is 0.0618 e. The molecule has 2 nitrogen and oxygen atoms in total. The Morgan fingerprint density at radius 2 is 1.81 bits per heavy atom. The van der Waals surface area contributed by atoms with Crippen LogP contribution in [-0.2, 0) is 0 Å². The Labute approximate surface area is 100 Å². The second-order valence-corrected chi connectivity index (χ2v) is 5.45. The molecule has 0 spiro atoms. The summed E-state index contributed by atoms with van der Waals surface area (Å²) in [6, 6.07) is 0. The molecule has 2 atom stereocenters. The molecule has 0 saturated heterocycles. The highest BCUT2D eigenvalue weighted by Crippen LogP contribution is 2.42. The van der Waals surface area contributed by atoms with Gasteiger partial charge in [-0.05, 0) is 19.3 Å². The van der Waals surface area contributed by atoms with Crippen LogP contribution in [0.25, 0.3) is 0 Å². The molecule has 1 rings (SSSR count). The fraction of sp³-hybridized carbons (Fsp3) is 1.00. The lowest BCUT2D eigenvalue weighted by atomic mass is 9.80. The third-order valence-electron chi connectivity index (χ3n) is 4.20. The van der Waals surface area contributed by atoms with Gasteiger partial charge in [-0.15, -0.1) is 0 Å². The molecule has 0 heterocycles. The van der Waals surface area contributed by atoms with E-state index in [1.165, 1.54) is 38.5 Å². The zero-order valence-corrected chi connectivity index (χ0v) is 10.7. The van der Waals surface area contributed by atoms with Crippen LogP contribution in [-0.4, -0.2) is 22.9 Å². The SMILES string of the molecule is CCCCCCCCC1(CO)CCCC1O. The molecule has 0 radical (unpaired) electrons. The number of rotatable bonds is 8. The molecule has 96 valence electrons. The van der Waals surface area contributed by atoms with Gasteiger partial charge in [-0.25, -0.2) is 0 Å². The Morgan fingerprint density at radius 1 is 1.12 bits per heavy atom. The molecule has 0 aromatic rings. The van der Waals surface area contributed by atoms with Crippen molar-refractivity contribution in [3.63, 3.8) is 0 Å². The van der Waals surface area contributed by atoms with Crippen LogP contribution in [0.15, 0.2) is 0 Å². The molecule has 0 aromatic heterocycles. The molecule has 1 aliphatic rings. The maximum absolute atomic E-state index is 9.92. The Balaban J connectivity index is 2.14. The fourth-order valence-electron chi connectivity index (χ4n) is 2.93. The molecule has 2 heteroatoms. The van der Waals surface area contributed by atoms with Crippen molar-refractivity contribution >= 4 is 0 Å². The van der Waals surface area contributed by atoms with Crippen molar-refractivity contribution in [1.29, 1.82) is 0 Å². The molecule has 0 aliphatic heterocycles. The van der Waals surface area contributed by atoms with Gasteiger partial charge in [0.15, 0.2) is 0 Å². The molecule has 0 aromatic carbocycles. The van der Waals surface area contributed by atoms with Gasteiger partial charge in [-0.2, -0.15) is 0 Å². The van der Waals surface area contributed by atoms with Crippen molar-refractivity contribution in [3.8, 4) is 0 Å². The van der Waals surface area contributed by atoms with Crippen LogP contribution in [0.2, 0.25) is 0 Å². The number of aliphatic hydroxyl groups is 2. The second kappa shape index (κ2) is 7.29. The van der Waals surface area contributed by atoms with Crippen molar-refractivity contribution in [2.75, 3.05) is 6.61 Å². The Kier molecular flexibility index (Phi) is 6.37. The molecule has 1 aliphatic carbocycles. The minimum Gasteiger partial charge on any atom is -0.396 e. The van der Waals surface area contributed by atoms with Gasteiger partial charge >= 0.3 is 0 Å². The number of hydrogen-bond acceptors (Lipinski definition) is 2. The van der Waals surface area contributed by atoms with Crippen LogP contribution < -0.4 is 0 Å². The minimum absolute atomic E-state index is 0.148. The van der Waals surface area contributed by atoms with Gasteiger partial charge in [0.25, 0.3) is 0 Å². The standard InChI is InChI=1S/C14H28O2/c1-2-3-4-5-6-7-10-14(12-15)11-8-9-13(14)16/h13,15-16H,2-12H2,1H3. The van der Waals surface area contributed by atoms with Gasteiger partial charge in [0.2, 0.25) is 0 Å². The zero-order valence-electron chi connectivity index (χ0n) is 10.7. The summed E-state index contributed by atoms with van der Waals surface area (Å²) in [7, 11) is 0. The van der Waals surface area contributed by atoms with Gasteiger partial charge in [0.05, 0.1) is 12.7 Å². The van der Waals surface area contributed by atoms with Gasteiger partial charge < -0.3 is 10.2 Å². The van der Waals surface area contributed by atoms with Crippen LogP contribution in [0.1, 0.15) is 71.1 Å². The summed E-state index contributed by atoms with van der Waals surface area (Å²) in [6.07, 6.45) is 11.4. The van der Waals surface area contributed by atoms with E-state index in [1.54, 1.807) is 0 Å². The number of aliphatic hydroxyl groups excluding tert-OH is 2. The molecular weight excluding hydrogens is 200 g/mol. The van der Waals surface area contributed by atoms with Gasteiger partial charge in [0, 0.05) is 5.41 Å². The first-order valence-electron chi connectivity index (χ1n) is 7.04. The molecule has 2 unspecified atom stereocenters. The van der Waals surface area contributed by atoms with Crippen molar-refractivity contribution in [2.45, 2.75) is 77.2 Å². The third kappa shape index (κ3) is 3.74. The van der Waals surface area contributed by atoms with Crippen molar-refractivity contribution < 1.29 is 10.2 Å².